The second-order valence-corrected chi connectivity index (χ2v) is 11.0. The van der Waals surface area contributed by atoms with Crippen LogP contribution in [0.3, 0.4) is 0 Å². The van der Waals surface area contributed by atoms with Gasteiger partial charge in [0.15, 0.2) is 0 Å². The molecular weight excluding hydrogens is 532 g/mol. The van der Waals surface area contributed by atoms with Crippen molar-refractivity contribution in [3.8, 4) is 35.2 Å². The molecule has 42 heavy (non-hydrogen) atoms. The van der Waals surface area contributed by atoms with Crippen molar-refractivity contribution in [1.82, 2.24) is 10.6 Å². The first-order valence-electron chi connectivity index (χ1n) is 14.3. The van der Waals surface area contributed by atoms with Gasteiger partial charge in [-0.3, -0.25) is 9.59 Å². The summed E-state index contributed by atoms with van der Waals surface area (Å²) in [6.07, 6.45) is 5.72. The summed E-state index contributed by atoms with van der Waals surface area (Å²) in [6, 6.07) is 14.9. The largest absolute Gasteiger partial charge is 0.497 e. The van der Waals surface area contributed by atoms with Gasteiger partial charge < -0.3 is 30.3 Å². The molecule has 2 aliphatic rings. The number of nitrogens with one attached hydrogen (secondary N) is 2. The summed E-state index contributed by atoms with van der Waals surface area (Å²) in [5.74, 6) is 13.3. The predicted molar refractivity (Wildman–Crippen MR) is 162 cm³/mol. The Kier molecular flexibility index (Phi) is 11.9. The minimum Gasteiger partial charge on any atom is -0.497 e. The van der Waals surface area contributed by atoms with Gasteiger partial charge in [-0.2, -0.15) is 0 Å². The van der Waals surface area contributed by atoms with Gasteiger partial charge in [0.05, 0.1) is 14.2 Å². The van der Waals surface area contributed by atoms with Crippen LogP contribution in [0.25, 0.3) is 0 Å². The highest BCUT2D eigenvalue weighted by Gasteiger charge is 2.34. The van der Waals surface area contributed by atoms with Gasteiger partial charge in [0, 0.05) is 49.9 Å². The molecule has 0 aromatic heterocycles. The highest BCUT2D eigenvalue weighted by atomic mass is 16.5. The van der Waals surface area contributed by atoms with Gasteiger partial charge in [-0.1, -0.05) is 35.8 Å². The normalized spacial score (nSPS) is 24.6. The molecule has 8 heteroatoms. The minimum atomic E-state index is -1.03. The van der Waals surface area contributed by atoms with Gasteiger partial charge in [-0.25, -0.2) is 0 Å². The number of hydrogen-bond donors (Lipinski definition) is 4. The van der Waals surface area contributed by atoms with Gasteiger partial charge >= 0.3 is 0 Å². The van der Waals surface area contributed by atoms with Crippen LogP contribution in [0.15, 0.2) is 48.5 Å². The molecule has 0 bridgehead atoms. The van der Waals surface area contributed by atoms with E-state index in [0.717, 1.165) is 48.3 Å². The Labute approximate surface area is 249 Å². The zero-order chi connectivity index (χ0) is 30.6. The van der Waals surface area contributed by atoms with Crippen molar-refractivity contribution < 1.29 is 29.3 Å². The van der Waals surface area contributed by atoms with E-state index in [2.05, 4.69) is 34.3 Å². The van der Waals surface area contributed by atoms with E-state index in [-0.39, 0.29) is 23.9 Å². The Bertz CT molecular complexity index is 1250. The maximum atomic E-state index is 11.1. The minimum absolute atomic E-state index is 0.000796. The summed E-state index contributed by atoms with van der Waals surface area (Å²) >= 11 is 0. The van der Waals surface area contributed by atoms with Gasteiger partial charge in [0.25, 0.3) is 0 Å². The number of rotatable bonds is 4. The highest BCUT2D eigenvalue weighted by molar-refractivity contribution is 5.73. The number of hydrogen-bond acceptors (Lipinski definition) is 6. The monoisotopic (exact) mass is 574 g/mol. The number of carbonyl (C=O) groups excluding carboxylic acids is 2. The van der Waals surface area contributed by atoms with Crippen molar-refractivity contribution in [2.75, 3.05) is 14.2 Å². The van der Waals surface area contributed by atoms with E-state index in [0.29, 0.717) is 25.7 Å². The summed E-state index contributed by atoms with van der Waals surface area (Å²) < 4.78 is 10.3. The molecule has 0 spiro atoms. The quantitative estimate of drug-likeness (QED) is 0.414. The van der Waals surface area contributed by atoms with Crippen molar-refractivity contribution in [3.05, 3.63) is 59.7 Å². The molecule has 8 nitrogen and oxygen atoms in total. The lowest BCUT2D eigenvalue weighted by Gasteiger charge is -2.33. The van der Waals surface area contributed by atoms with Gasteiger partial charge in [0.1, 0.15) is 22.7 Å². The third-order valence-corrected chi connectivity index (χ3v) is 7.29. The SMILES string of the molecule is COc1cccc(C#CC2(O)CCCC(NC(C)=O)C2)c1.COc1cccc(C#CC2(O)CCCC(NC(C)=O)C2)c1. The van der Waals surface area contributed by atoms with E-state index < -0.39 is 11.2 Å². The summed E-state index contributed by atoms with van der Waals surface area (Å²) in [7, 11) is 3.22. The molecule has 2 aromatic rings. The Hall–Kier alpha value is -3.98. The molecule has 2 aliphatic carbocycles. The Balaban J connectivity index is 0.000000230. The lowest BCUT2D eigenvalue weighted by atomic mass is 9.82. The fourth-order valence-electron chi connectivity index (χ4n) is 5.33. The van der Waals surface area contributed by atoms with Crippen LogP contribution in [0.4, 0.5) is 0 Å². The van der Waals surface area contributed by atoms with Crippen molar-refractivity contribution in [2.45, 2.75) is 88.5 Å². The molecule has 0 radical (unpaired) electrons. The van der Waals surface area contributed by atoms with E-state index in [1.54, 1.807) is 14.2 Å². The van der Waals surface area contributed by atoms with Crippen LogP contribution in [0.2, 0.25) is 0 Å². The van der Waals surface area contributed by atoms with Crippen LogP contribution in [-0.4, -0.2) is 59.5 Å². The fourth-order valence-corrected chi connectivity index (χ4v) is 5.33. The fraction of sp³-hybridized carbons (Fsp3) is 0.471. The number of amides is 2. The van der Waals surface area contributed by atoms with Gasteiger partial charge in [-0.05, 0) is 74.9 Å². The van der Waals surface area contributed by atoms with E-state index in [1.165, 1.54) is 13.8 Å². The van der Waals surface area contributed by atoms with Crippen LogP contribution >= 0.6 is 0 Å². The molecular formula is C34H42N2O6. The molecule has 4 N–H and O–H groups in total. The number of aliphatic hydroxyl groups is 2. The maximum absolute atomic E-state index is 11.1. The average molecular weight is 575 g/mol. The molecule has 4 rings (SSSR count). The molecule has 0 heterocycles. The standard InChI is InChI=1S/2C17H21NO3/c2*1-13(19)18-15-6-4-9-17(20,12-15)10-8-14-5-3-7-16(11-14)21-2/h2*3,5,7,11,15,20H,4,6,9,12H2,1-2H3,(H,18,19). The number of ether oxygens (including phenoxy) is 2. The van der Waals surface area contributed by atoms with E-state index in [9.17, 15) is 19.8 Å². The van der Waals surface area contributed by atoms with E-state index in [1.807, 2.05) is 48.5 Å². The molecule has 2 fully saturated rings. The molecule has 0 aliphatic heterocycles. The summed E-state index contributed by atoms with van der Waals surface area (Å²) in [4.78, 5) is 22.3. The summed E-state index contributed by atoms with van der Waals surface area (Å²) in [6.45, 7) is 2.99. The second kappa shape index (κ2) is 15.3. The number of carbonyl (C=O) groups is 2. The van der Waals surface area contributed by atoms with Crippen molar-refractivity contribution in [2.24, 2.45) is 0 Å². The lowest BCUT2D eigenvalue weighted by Crippen LogP contribution is -2.44. The Morgan fingerprint density at radius 3 is 1.52 bits per heavy atom. The van der Waals surface area contributed by atoms with Gasteiger partial charge in [-0.15, -0.1) is 0 Å². The highest BCUT2D eigenvalue weighted by Crippen LogP contribution is 2.29. The van der Waals surface area contributed by atoms with Crippen LogP contribution in [0.5, 0.6) is 11.5 Å². The maximum Gasteiger partial charge on any atom is 0.217 e. The van der Waals surface area contributed by atoms with Crippen molar-refractivity contribution in [3.63, 3.8) is 0 Å². The predicted octanol–water partition coefficient (Wildman–Crippen LogP) is 3.71. The lowest BCUT2D eigenvalue weighted by molar-refractivity contribution is -0.121. The first kappa shape index (κ1) is 32.5. The smallest absolute Gasteiger partial charge is 0.217 e. The summed E-state index contributed by atoms with van der Waals surface area (Å²) in [5.41, 5.74) is -0.447. The van der Waals surface area contributed by atoms with Crippen molar-refractivity contribution >= 4 is 11.8 Å². The summed E-state index contributed by atoms with van der Waals surface area (Å²) in [5, 5.41) is 26.9. The number of benzene rings is 2. The molecule has 2 amide bonds. The first-order chi connectivity index (χ1) is 20.0. The average Bonchev–Trinajstić information content (AvgIpc) is 2.95. The van der Waals surface area contributed by atoms with Crippen molar-refractivity contribution in [1.29, 1.82) is 0 Å². The van der Waals surface area contributed by atoms with E-state index in [4.69, 9.17) is 9.47 Å². The first-order valence-corrected chi connectivity index (χ1v) is 14.3. The van der Waals surface area contributed by atoms with Crippen LogP contribution in [0, 0.1) is 23.7 Å². The van der Waals surface area contributed by atoms with Crippen LogP contribution in [-0.2, 0) is 9.59 Å². The molecule has 4 atom stereocenters. The topological polar surface area (TPSA) is 117 Å². The third-order valence-electron chi connectivity index (χ3n) is 7.29. The van der Waals surface area contributed by atoms with Crippen LogP contribution < -0.4 is 20.1 Å². The van der Waals surface area contributed by atoms with E-state index >= 15 is 0 Å². The molecule has 224 valence electrons. The molecule has 2 saturated carbocycles. The Morgan fingerprint density at radius 1 is 0.762 bits per heavy atom. The Morgan fingerprint density at radius 2 is 1.17 bits per heavy atom. The zero-order valence-electron chi connectivity index (χ0n) is 25.0. The third kappa shape index (κ3) is 10.8. The van der Waals surface area contributed by atoms with Crippen LogP contribution in [0.1, 0.15) is 76.3 Å². The van der Waals surface area contributed by atoms with Gasteiger partial charge in [0.2, 0.25) is 11.8 Å². The molecule has 4 unspecified atom stereocenters. The molecule has 2 aromatic carbocycles. The molecule has 0 saturated heterocycles. The second-order valence-electron chi connectivity index (χ2n) is 11.0. The number of methoxy groups -OCH3 is 2. The zero-order valence-corrected chi connectivity index (χ0v) is 25.0.